The van der Waals surface area contributed by atoms with Gasteiger partial charge in [-0.25, -0.2) is 4.98 Å². The number of nitrogens with zero attached hydrogens (tertiary/aromatic N) is 1. The van der Waals surface area contributed by atoms with Crippen LogP contribution in [-0.4, -0.2) is 4.98 Å². The van der Waals surface area contributed by atoms with Crippen molar-refractivity contribution < 1.29 is 4.42 Å². The van der Waals surface area contributed by atoms with Crippen molar-refractivity contribution >= 4 is 0 Å². The first-order valence-electron chi connectivity index (χ1n) is 5.20. The molecule has 0 bridgehead atoms. The van der Waals surface area contributed by atoms with Gasteiger partial charge in [-0.15, -0.1) is 0 Å². The average molecular weight is 181 g/mol. The van der Waals surface area contributed by atoms with Crippen molar-refractivity contribution in [2.45, 2.75) is 52.4 Å². The molecule has 0 fully saturated rings. The fourth-order valence-electron chi connectivity index (χ4n) is 1.70. The third-order valence-corrected chi connectivity index (χ3v) is 2.33. The van der Waals surface area contributed by atoms with Crippen molar-refractivity contribution in [1.29, 1.82) is 0 Å². The van der Waals surface area contributed by atoms with Crippen molar-refractivity contribution in [3.63, 3.8) is 0 Å². The molecule has 0 N–H and O–H groups in total. The van der Waals surface area contributed by atoms with E-state index in [0.717, 1.165) is 11.6 Å². The lowest BCUT2D eigenvalue weighted by atomic mass is 9.95. The van der Waals surface area contributed by atoms with Gasteiger partial charge in [-0.05, 0) is 12.8 Å². The van der Waals surface area contributed by atoms with Crippen LogP contribution in [-0.2, 0) is 0 Å². The molecule has 2 heteroatoms. The van der Waals surface area contributed by atoms with Crippen LogP contribution in [0.25, 0.3) is 0 Å². The van der Waals surface area contributed by atoms with Crippen LogP contribution in [0.1, 0.15) is 57.0 Å². The van der Waals surface area contributed by atoms with E-state index in [1.165, 1.54) is 25.7 Å². The molecule has 74 valence electrons. The summed E-state index contributed by atoms with van der Waals surface area (Å²) in [6, 6.07) is 0. The first-order valence-corrected chi connectivity index (χ1v) is 5.20. The molecule has 1 aromatic heterocycles. The van der Waals surface area contributed by atoms with Gasteiger partial charge in [0.25, 0.3) is 0 Å². The highest BCUT2D eigenvalue weighted by molar-refractivity contribution is 5.03. The zero-order chi connectivity index (χ0) is 9.68. The first-order chi connectivity index (χ1) is 6.27. The van der Waals surface area contributed by atoms with E-state index in [2.05, 4.69) is 18.8 Å². The van der Waals surface area contributed by atoms with Crippen molar-refractivity contribution in [2.24, 2.45) is 0 Å². The Balaban J connectivity index is 2.63. The van der Waals surface area contributed by atoms with Gasteiger partial charge in [-0.2, -0.15) is 0 Å². The van der Waals surface area contributed by atoms with E-state index >= 15 is 0 Å². The summed E-state index contributed by atoms with van der Waals surface area (Å²) in [7, 11) is 0. The van der Waals surface area contributed by atoms with Crippen LogP contribution in [0.3, 0.4) is 0 Å². The molecule has 2 nitrogen and oxygen atoms in total. The number of rotatable bonds is 5. The summed E-state index contributed by atoms with van der Waals surface area (Å²) in [5, 5.41) is 0. The molecule has 0 saturated heterocycles. The molecule has 0 aliphatic carbocycles. The fourth-order valence-corrected chi connectivity index (χ4v) is 1.70. The molecule has 0 aliphatic rings. The van der Waals surface area contributed by atoms with Crippen molar-refractivity contribution in [3.8, 4) is 0 Å². The van der Waals surface area contributed by atoms with Crippen LogP contribution in [0.15, 0.2) is 10.7 Å². The largest absolute Gasteiger partial charge is 0.449 e. The van der Waals surface area contributed by atoms with E-state index in [0.29, 0.717) is 5.92 Å². The molecule has 0 saturated carbocycles. The van der Waals surface area contributed by atoms with E-state index < -0.39 is 0 Å². The molecule has 0 radical (unpaired) electrons. The fraction of sp³-hybridized carbons (Fsp3) is 0.727. The maximum absolute atomic E-state index is 5.23. The highest BCUT2D eigenvalue weighted by atomic mass is 16.3. The summed E-state index contributed by atoms with van der Waals surface area (Å²) in [5.74, 6) is 1.39. The van der Waals surface area contributed by atoms with E-state index in [1.54, 1.807) is 0 Å². The van der Waals surface area contributed by atoms with Crippen molar-refractivity contribution in [2.75, 3.05) is 0 Å². The van der Waals surface area contributed by atoms with Crippen LogP contribution >= 0.6 is 0 Å². The summed E-state index contributed by atoms with van der Waals surface area (Å²) in [6.45, 7) is 6.34. The average Bonchev–Trinajstić information content (AvgIpc) is 2.51. The van der Waals surface area contributed by atoms with Crippen LogP contribution < -0.4 is 0 Å². The van der Waals surface area contributed by atoms with Gasteiger partial charge in [0, 0.05) is 12.8 Å². The minimum atomic E-state index is 0.604. The van der Waals surface area contributed by atoms with E-state index in [-0.39, 0.29) is 0 Å². The predicted octanol–water partition coefficient (Wildman–Crippen LogP) is 3.67. The minimum absolute atomic E-state index is 0.604. The summed E-state index contributed by atoms with van der Waals surface area (Å²) < 4.78 is 5.23. The lowest BCUT2D eigenvalue weighted by Gasteiger charge is -2.10. The van der Waals surface area contributed by atoms with Crippen LogP contribution in [0.4, 0.5) is 0 Å². The summed E-state index contributed by atoms with van der Waals surface area (Å²) in [4.78, 5) is 4.38. The molecular weight excluding hydrogens is 162 g/mol. The van der Waals surface area contributed by atoms with Gasteiger partial charge in [0.05, 0.1) is 5.69 Å². The summed E-state index contributed by atoms with van der Waals surface area (Å²) >= 11 is 0. The molecular formula is C11H19NO. The third kappa shape index (κ3) is 2.87. The second-order valence-corrected chi connectivity index (χ2v) is 3.57. The van der Waals surface area contributed by atoms with Crippen molar-refractivity contribution in [1.82, 2.24) is 4.98 Å². The Kier molecular flexibility index (Phi) is 4.00. The monoisotopic (exact) mass is 181 g/mol. The van der Waals surface area contributed by atoms with Gasteiger partial charge in [-0.1, -0.05) is 26.7 Å². The maximum atomic E-state index is 5.23. The topological polar surface area (TPSA) is 26.0 Å². The highest BCUT2D eigenvalue weighted by Gasteiger charge is 2.13. The lowest BCUT2D eigenvalue weighted by molar-refractivity contribution is 0.513. The third-order valence-electron chi connectivity index (χ3n) is 2.33. The van der Waals surface area contributed by atoms with Gasteiger partial charge in [0.1, 0.15) is 6.26 Å². The lowest BCUT2D eigenvalue weighted by Crippen LogP contribution is -1.98. The Labute approximate surface area is 80.4 Å². The molecule has 0 aromatic carbocycles. The number of aromatic nitrogens is 1. The smallest absolute Gasteiger partial charge is 0.191 e. The van der Waals surface area contributed by atoms with Gasteiger partial charge < -0.3 is 4.42 Å². The Morgan fingerprint density at radius 1 is 1.31 bits per heavy atom. The maximum Gasteiger partial charge on any atom is 0.191 e. The molecule has 13 heavy (non-hydrogen) atoms. The number of oxazole rings is 1. The number of hydrogen-bond donors (Lipinski definition) is 0. The van der Waals surface area contributed by atoms with Crippen LogP contribution in [0.2, 0.25) is 0 Å². The molecule has 1 rings (SSSR count). The Morgan fingerprint density at radius 2 is 1.92 bits per heavy atom. The summed E-state index contributed by atoms with van der Waals surface area (Å²) in [5.41, 5.74) is 1.14. The Morgan fingerprint density at radius 3 is 2.31 bits per heavy atom. The SMILES string of the molecule is CCCC(CCC)c1coc(C)n1. The van der Waals surface area contributed by atoms with Crippen LogP contribution in [0, 0.1) is 6.92 Å². The Bertz CT molecular complexity index is 236. The van der Waals surface area contributed by atoms with E-state index in [1.807, 2.05) is 13.2 Å². The van der Waals surface area contributed by atoms with Gasteiger partial charge >= 0.3 is 0 Å². The molecule has 0 spiro atoms. The van der Waals surface area contributed by atoms with E-state index in [4.69, 9.17) is 4.42 Å². The second-order valence-electron chi connectivity index (χ2n) is 3.57. The Hall–Kier alpha value is -0.790. The molecule has 0 atom stereocenters. The first kappa shape index (κ1) is 10.3. The highest BCUT2D eigenvalue weighted by Crippen LogP contribution is 2.25. The van der Waals surface area contributed by atoms with Gasteiger partial charge in [0.15, 0.2) is 5.89 Å². The molecule has 0 aliphatic heterocycles. The normalized spacial score (nSPS) is 11.1. The van der Waals surface area contributed by atoms with Crippen molar-refractivity contribution in [3.05, 3.63) is 17.8 Å². The molecule has 0 unspecified atom stereocenters. The zero-order valence-corrected chi connectivity index (χ0v) is 8.84. The van der Waals surface area contributed by atoms with Gasteiger partial charge in [0.2, 0.25) is 0 Å². The number of aryl methyl sites for hydroxylation is 1. The zero-order valence-electron chi connectivity index (χ0n) is 8.84. The van der Waals surface area contributed by atoms with E-state index in [9.17, 15) is 0 Å². The molecule has 1 aromatic rings. The molecule has 1 heterocycles. The van der Waals surface area contributed by atoms with Crippen LogP contribution in [0.5, 0.6) is 0 Å². The standard InChI is InChI=1S/C11H19NO/c1-4-6-10(7-5-2)11-8-13-9(3)12-11/h8,10H,4-7H2,1-3H3. The van der Waals surface area contributed by atoms with Gasteiger partial charge in [-0.3, -0.25) is 0 Å². The quantitative estimate of drug-likeness (QED) is 0.692. The predicted molar refractivity (Wildman–Crippen MR) is 53.8 cm³/mol. The molecule has 0 amide bonds. The number of hydrogen-bond acceptors (Lipinski definition) is 2. The second kappa shape index (κ2) is 5.05. The summed E-state index contributed by atoms with van der Waals surface area (Å²) in [6.07, 6.45) is 6.69. The minimum Gasteiger partial charge on any atom is -0.449 e.